The van der Waals surface area contributed by atoms with E-state index in [-0.39, 0.29) is 31.1 Å². The van der Waals surface area contributed by atoms with Crippen LogP contribution >= 0.6 is 0 Å². The summed E-state index contributed by atoms with van der Waals surface area (Å²) in [5.41, 5.74) is 0. The third kappa shape index (κ3) is 52.1. The van der Waals surface area contributed by atoms with E-state index in [4.69, 9.17) is 14.2 Å². The number of hydrogen-bond donors (Lipinski definition) is 0. The van der Waals surface area contributed by atoms with Crippen LogP contribution in [-0.4, -0.2) is 37.2 Å². The summed E-state index contributed by atoms with van der Waals surface area (Å²) in [4.78, 5) is 38.1. The molecule has 0 bridgehead atoms. The lowest BCUT2D eigenvalue weighted by Crippen LogP contribution is -2.30. The Labute approximate surface area is 409 Å². The van der Waals surface area contributed by atoms with Gasteiger partial charge in [-0.1, -0.05) is 242 Å². The Morgan fingerprint density at radius 1 is 0.318 bits per heavy atom. The van der Waals surface area contributed by atoms with Gasteiger partial charge >= 0.3 is 17.9 Å². The van der Waals surface area contributed by atoms with Crippen LogP contribution in [0.2, 0.25) is 0 Å². The zero-order chi connectivity index (χ0) is 47.9. The minimum absolute atomic E-state index is 0.0818. The highest BCUT2D eigenvalue weighted by Crippen LogP contribution is 2.16. The van der Waals surface area contributed by atoms with Crippen LogP contribution < -0.4 is 0 Å². The molecule has 0 aliphatic heterocycles. The zero-order valence-electron chi connectivity index (χ0n) is 43.7. The van der Waals surface area contributed by atoms with E-state index in [0.717, 1.165) is 103 Å². The molecule has 0 aliphatic carbocycles. The van der Waals surface area contributed by atoms with Crippen LogP contribution in [0.4, 0.5) is 0 Å². The first kappa shape index (κ1) is 63.1. The smallest absolute Gasteiger partial charge is 0.306 e. The van der Waals surface area contributed by atoms with Crippen molar-refractivity contribution in [2.75, 3.05) is 13.2 Å². The van der Waals surface area contributed by atoms with E-state index in [1.54, 1.807) is 0 Å². The molecular formula is C60H106O6. The Morgan fingerprint density at radius 2 is 0.591 bits per heavy atom. The number of ether oxygens (including phenoxy) is 3. The van der Waals surface area contributed by atoms with Crippen molar-refractivity contribution in [3.8, 4) is 0 Å². The standard InChI is InChI=1S/C60H106O6/c1-4-7-10-13-16-19-22-25-28-30-33-35-38-41-44-47-50-53-59(62)65-56-57(55-64-58(61)52-49-46-43-40-37-34-31-27-24-21-18-15-12-9-6-3)66-60(63)54-51-48-45-42-39-36-32-29-26-23-20-17-14-11-8-5-2/h7,10,16,18-19,21,25,27-28,31,57H,4-6,8-9,11-15,17,20,22-24,26,29-30,32-56H2,1-3H3/b10-7-,19-16-,21-18-,28-25-,31-27-. The molecule has 0 aromatic rings. The molecule has 6 heteroatoms. The van der Waals surface area contributed by atoms with E-state index in [1.165, 1.54) is 141 Å². The minimum Gasteiger partial charge on any atom is -0.462 e. The highest BCUT2D eigenvalue weighted by Gasteiger charge is 2.19. The molecule has 0 spiro atoms. The summed E-state index contributed by atoms with van der Waals surface area (Å²) in [5, 5.41) is 0. The molecule has 0 heterocycles. The van der Waals surface area contributed by atoms with Crippen molar-refractivity contribution in [3.05, 3.63) is 60.8 Å². The van der Waals surface area contributed by atoms with Gasteiger partial charge in [0.15, 0.2) is 6.10 Å². The summed E-state index contributed by atoms with van der Waals surface area (Å²) in [5.74, 6) is -0.893. The van der Waals surface area contributed by atoms with Crippen molar-refractivity contribution < 1.29 is 28.6 Å². The minimum atomic E-state index is -0.782. The summed E-state index contributed by atoms with van der Waals surface area (Å²) in [7, 11) is 0. The van der Waals surface area contributed by atoms with Crippen molar-refractivity contribution in [1.82, 2.24) is 0 Å². The number of hydrogen-bond acceptors (Lipinski definition) is 6. The van der Waals surface area contributed by atoms with Crippen molar-refractivity contribution in [3.63, 3.8) is 0 Å². The lowest BCUT2D eigenvalue weighted by Gasteiger charge is -2.18. The Hall–Kier alpha value is -2.89. The molecule has 0 aromatic heterocycles. The molecule has 0 amide bonds. The van der Waals surface area contributed by atoms with Crippen LogP contribution in [0.1, 0.15) is 284 Å². The summed E-state index contributed by atoms with van der Waals surface area (Å²) >= 11 is 0. The molecule has 0 fully saturated rings. The third-order valence-corrected chi connectivity index (χ3v) is 12.3. The molecule has 66 heavy (non-hydrogen) atoms. The average molecular weight is 924 g/mol. The molecule has 1 unspecified atom stereocenters. The second-order valence-electron chi connectivity index (χ2n) is 18.8. The highest BCUT2D eigenvalue weighted by atomic mass is 16.6. The van der Waals surface area contributed by atoms with E-state index >= 15 is 0 Å². The Bertz CT molecular complexity index is 1200. The summed E-state index contributed by atoms with van der Waals surface area (Å²) in [6, 6.07) is 0. The third-order valence-electron chi connectivity index (χ3n) is 12.3. The van der Waals surface area contributed by atoms with Crippen molar-refractivity contribution in [1.29, 1.82) is 0 Å². The first-order chi connectivity index (χ1) is 32.5. The van der Waals surface area contributed by atoms with Crippen molar-refractivity contribution in [2.24, 2.45) is 0 Å². The predicted octanol–water partition coefficient (Wildman–Crippen LogP) is 18.8. The van der Waals surface area contributed by atoms with Crippen LogP contribution in [0.3, 0.4) is 0 Å². The van der Waals surface area contributed by atoms with Crippen LogP contribution in [0.5, 0.6) is 0 Å². The molecule has 0 saturated heterocycles. The molecule has 0 radical (unpaired) electrons. The van der Waals surface area contributed by atoms with Crippen LogP contribution in [-0.2, 0) is 28.6 Å². The second-order valence-corrected chi connectivity index (χ2v) is 18.8. The first-order valence-corrected chi connectivity index (χ1v) is 28.3. The van der Waals surface area contributed by atoms with Gasteiger partial charge in [-0.05, 0) is 83.5 Å². The normalized spacial score (nSPS) is 12.5. The summed E-state index contributed by atoms with van der Waals surface area (Å²) in [6.07, 6.45) is 67.7. The SMILES string of the molecule is CC/C=C\C/C=C\C/C=C\CCCCCCCCCC(=O)OCC(COC(=O)CCCCCCC/C=C\C/C=C\CCCCC)OC(=O)CCCCCCCCCCCCCCCCCC. The maximum atomic E-state index is 12.8. The molecule has 382 valence electrons. The van der Waals surface area contributed by atoms with Gasteiger partial charge in [-0.25, -0.2) is 0 Å². The van der Waals surface area contributed by atoms with Gasteiger partial charge in [-0.15, -0.1) is 0 Å². The largest absolute Gasteiger partial charge is 0.462 e. The monoisotopic (exact) mass is 923 g/mol. The van der Waals surface area contributed by atoms with Gasteiger partial charge in [-0.3, -0.25) is 14.4 Å². The maximum absolute atomic E-state index is 12.8. The van der Waals surface area contributed by atoms with Gasteiger partial charge in [0.25, 0.3) is 0 Å². The Kier molecular flexibility index (Phi) is 52.3. The van der Waals surface area contributed by atoms with Gasteiger partial charge in [0, 0.05) is 19.3 Å². The van der Waals surface area contributed by atoms with Crippen LogP contribution in [0.25, 0.3) is 0 Å². The van der Waals surface area contributed by atoms with Gasteiger partial charge in [0.2, 0.25) is 0 Å². The zero-order valence-corrected chi connectivity index (χ0v) is 43.7. The molecule has 6 nitrogen and oxygen atoms in total. The summed E-state index contributed by atoms with van der Waals surface area (Å²) in [6.45, 7) is 6.51. The molecule has 0 rings (SSSR count). The molecule has 0 N–H and O–H groups in total. The second kappa shape index (κ2) is 54.7. The van der Waals surface area contributed by atoms with E-state index in [9.17, 15) is 14.4 Å². The van der Waals surface area contributed by atoms with Gasteiger partial charge in [-0.2, -0.15) is 0 Å². The summed E-state index contributed by atoms with van der Waals surface area (Å²) < 4.78 is 16.9. The fraction of sp³-hybridized carbons (Fsp3) is 0.783. The molecular weight excluding hydrogens is 817 g/mol. The maximum Gasteiger partial charge on any atom is 0.306 e. The quantitative estimate of drug-likeness (QED) is 0.0262. The van der Waals surface area contributed by atoms with Gasteiger partial charge in [0.1, 0.15) is 13.2 Å². The van der Waals surface area contributed by atoms with Crippen LogP contribution in [0.15, 0.2) is 60.8 Å². The van der Waals surface area contributed by atoms with E-state index in [1.807, 2.05) is 0 Å². The molecule has 0 aliphatic rings. The Morgan fingerprint density at radius 3 is 0.955 bits per heavy atom. The van der Waals surface area contributed by atoms with Crippen LogP contribution in [0, 0.1) is 0 Å². The lowest BCUT2D eigenvalue weighted by molar-refractivity contribution is -0.167. The van der Waals surface area contributed by atoms with Crippen molar-refractivity contribution >= 4 is 17.9 Å². The fourth-order valence-corrected chi connectivity index (χ4v) is 8.02. The van der Waals surface area contributed by atoms with E-state index in [2.05, 4.69) is 81.5 Å². The van der Waals surface area contributed by atoms with Gasteiger partial charge < -0.3 is 14.2 Å². The topological polar surface area (TPSA) is 78.9 Å². The average Bonchev–Trinajstić information content (AvgIpc) is 3.31. The molecule has 0 aromatic carbocycles. The fourth-order valence-electron chi connectivity index (χ4n) is 8.02. The number of esters is 3. The van der Waals surface area contributed by atoms with E-state index < -0.39 is 6.10 Å². The van der Waals surface area contributed by atoms with Gasteiger partial charge in [0.05, 0.1) is 0 Å². The number of rotatable bonds is 51. The number of carbonyl (C=O) groups is 3. The van der Waals surface area contributed by atoms with E-state index in [0.29, 0.717) is 19.3 Å². The highest BCUT2D eigenvalue weighted by molar-refractivity contribution is 5.71. The van der Waals surface area contributed by atoms with Crippen molar-refractivity contribution in [2.45, 2.75) is 290 Å². The number of unbranched alkanes of at least 4 members (excludes halogenated alkanes) is 30. The molecule has 1 atom stereocenters. The lowest BCUT2D eigenvalue weighted by atomic mass is 10.0. The number of carbonyl (C=O) groups excluding carboxylic acids is 3. The first-order valence-electron chi connectivity index (χ1n) is 28.3. The Balaban J connectivity index is 4.39. The predicted molar refractivity (Wildman–Crippen MR) is 284 cm³/mol. The molecule has 0 saturated carbocycles. The number of allylic oxidation sites excluding steroid dienone is 10.